The van der Waals surface area contributed by atoms with E-state index >= 15 is 0 Å². The van der Waals surface area contributed by atoms with Crippen LogP contribution in [0, 0.1) is 20.0 Å². The fourth-order valence-electron chi connectivity index (χ4n) is 0.979. The van der Waals surface area contributed by atoms with E-state index in [0.29, 0.717) is 0 Å². The van der Waals surface area contributed by atoms with E-state index < -0.39 is 0 Å². The molecule has 1 aromatic carbocycles. The van der Waals surface area contributed by atoms with Crippen molar-refractivity contribution in [3.05, 3.63) is 55.8 Å². The molecule has 0 saturated heterocycles. The number of ether oxygens (including phenoxy) is 2. The molecule has 1 aromatic rings. The average Bonchev–Trinajstić information content (AvgIpc) is 2.48. The summed E-state index contributed by atoms with van der Waals surface area (Å²) in [4.78, 5) is 0. The smallest absolute Gasteiger partial charge is 0 e. The molecule has 0 aromatic heterocycles. The Balaban J connectivity index is -0.000000123. The third-order valence-electron chi connectivity index (χ3n) is 1.50. The Labute approximate surface area is 117 Å². The van der Waals surface area contributed by atoms with Gasteiger partial charge >= 0.3 is 33.9 Å². The van der Waals surface area contributed by atoms with Gasteiger partial charge in [0, 0.05) is 37.1 Å². The molecule has 0 saturated carbocycles. The molecular formula is C12H12CrO5. The molecule has 0 radical (unpaired) electrons. The van der Waals surface area contributed by atoms with Crippen LogP contribution in [0.4, 0.5) is 0 Å². The fraction of sp³-hybridized carbons (Fsp3) is 0.250. The van der Waals surface area contributed by atoms with E-state index in [2.05, 4.69) is 20.0 Å². The van der Waals surface area contributed by atoms with Gasteiger partial charge in [0.25, 0.3) is 0 Å². The van der Waals surface area contributed by atoms with Crippen molar-refractivity contribution in [3.63, 3.8) is 0 Å². The van der Waals surface area contributed by atoms with Crippen LogP contribution in [0.2, 0.25) is 0 Å². The molecule has 0 fully saturated rings. The molecule has 0 aliphatic rings. The molecule has 0 atom stereocenters. The molecule has 0 aliphatic heterocycles. The number of rotatable bonds is 3. The molecule has 6 heteroatoms. The summed E-state index contributed by atoms with van der Waals surface area (Å²) in [7, 11) is 3.25. The van der Waals surface area contributed by atoms with Gasteiger partial charge in [0.2, 0.25) is 0 Å². The first-order chi connectivity index (χ1) is 8.38. The van der Waals surface area contributed by atoms with Crippen LogP contribution in [0.3, 0.4) is 0 Å². The average molecular weight is 288 g/mol. The maximum atomic E-state index is 7.50. The molecule has 0 spiro atoms. The summed E-state index contributed by atoms with van der Waals surface area (Å²) in [6.45, 7) is 13.5. The Morgan fingerprint density at radius 3 is 1.44 bits per heavy atom. The summed E-state index contributed by atoms with van der Waals surface area (Å²) in [5.74, 6) is 0. The molecule has 0 aliphatic carbocycles. The van der Waals surface area contributed by atoms with E-state index in [9.17, 15) is 0 Å². The maximum Gasteiger partial charge on any atom is 0 e. The summed E-state index contributed by atoms with van der Waals surface area (Å²) in [5, 5.41) is 0. The molecule has 0 bridgehead atoms. The minimum absolute atomic E-state index is 0. The van der Waals surface area contributed by atoms with Crippen molar-refractivity contribution < 1.29 is 40.8 Å². The van der Waals surface area contributed by atoms with Crippen molar-refractivity contribution in [2.45, 2.75) is 6.29 Å². The molecule has 1 rings (SSSR count). The first-order valence-electron chi connectivity index (χ1n) is 4.10. The number of hydrogen-bond donors (Lipinski definition) is 0. The topological polar surface area (TPSA) is 78.2 Å². The second-order valence-corrected chi connectivity index (χ2v) is 2.21. The predicted octanol–water partition coefficient (Wildman–Crippen LogP) is 1.86. The van der Waals surface area contributed by atoms with Crippen LogP contribution in [-0.4, -0.2) is 14.2 Å². The molecular weight excluding hydrogens is 276 g/mol. The van der Waals surface area contributed by atoms with Crippen molar-refractivity contribution in [1.29, 1.82) is 0 Å². The van der Waals surface area contributed by atoms with E-state index in [-0.39, 0.29) is 23.7 Å². The molecule has 0 heterocycles. The molecule has 0 amide bonds. The summed E-state index contributed by atoms with van der Waals surface area (Å²) >= 11 is 0. The largest absolute Gasteiger partial charge is 0 e. The minimum Gasteiger partial charge on any atom is 0 e. The van der Waals surface area contributed by atoms with Gasteiger partial charge in [0.15, 0.2) is 6.29 Å². The predicted molar refractivity (Wildman–Crippen MR) is 55.0 cm³/mol. The Morgan fingerprint density at radius 2 is 1.17 bits per heavy atom. The first kappa shape index (κ1) is 25.7. The number of methoxy groups -OCH3 is 2. The standard InChI is InChI=1S/C9H12O2.3CO.Cr/c1-10-9(11-2)8-6-4-3-5-7-8;3*1-2;/h3-7,9H,1-2H3;;;;. The van der Waals surface area contributed by atoms with E-state index in [1.807, 2.05) is 30.3 Å². The zero-order chi connectivity index (χ0) is 14.1. The molecule has 5 nitrogen and oxygen atoms in total. The minimum atomic E-state index is -0.240. The van der Waals surface area contributed by atoms with Gasteiger partial charge in [0.05, 0.1) is 0 Å². The zero-order valence-corrected chi connectivity index (χ0v) is 11.2. The van der Waals surface area contributed by atoms with E-state index in [0.717, 1.165) is 5.56 Å². The summed E-state index contributed by atoms with van der Waals surface area (Å²) in [6.07, 6.45) is -0.240. The SMILES string of the molecule is COC(OC)c1ccccc1.[C-]#[O+].[C-]#[O+].[C-]#[O+].[Cr]. The second-order valence-electron chi connectivity index (χ2n) is 2.21. The molecule has 96 valence electrons. The normalized spacial score (nSPS) is 6.72. The summed E-state index contributed by atoms with van der Waals surface area (Å²) in [5.41, 5.74) is 1.04. The van der Waals surface area contributed by atoms with Crippen LogP contribution in [0.15, 0.2) is 30.3 Å². The molecule has 0 unspecified atom stereocenters. The summed E-state index contributed by atoms with van der Waals surface area (Å²) < 4.78 is 32.6. The monoisotopic (exact) mass is 288 g/mol. The van der Waals surface area contributed by atoms with Crippen LogP contribution in [0.25, 0.3) is 0 Å². The van der Waals surface area contributed by atoms with Crippen LogP contribution < -0.4 is 0 Å². The van der Waals surface area contributed by atoms with Gasteiger partial charge < -0.3 is 9.47 Å². The van der Waals surface area contributed by atoms with Crippen molar-refractivity contribution in [2.75, 3.05) is 14.2 Å². The van der Waals surface area contributed by atoms with E-state index in [1.165, 1.54) is 0 Å². The van der Waals surface area contributed by atoms with E-state index in [4.69, 9.17) is 23.4 Å². The summed E-state index contributed by atoms with van der Waals surface area (Å²) in [6, 6.07) is 9.82. The maximum absolute atomic E-state index is 7.50. The van der Waals surface area contributed by atoms with Crippen LogP contribution in [-0.2, 0) is 40.8 Å². The van der Waals surface area contributed by atoms with Crippen molar-refractivity contribution in [1.82, 2.24) is 0 Å². The molecule has 18 heavy (non-hydrogen) atoms. The van der Waals surface area contributed by atoms with Gasteiger partial charge in [-0.3, -0.25) is 0 Å². The zero-order valence-electron chi connectivity index (χ0n) is 9.91. The Kier molecular flexibility index (Phi) is 35.5. The van der Waals surface area contributed by atoms with Gasteiger partial charge in [-0.05, 0) is 0 Å². The van der Waals surface area contributed by atoms with Gasteiger partial charge in [-0.25, -0.2) is 0 Å². The third-order valence-corrected chi connectivity index (χ3v) is 1.50. The fourth-order valence-corrected chi connectivity index (χ4v) is 0.979. The quantitative estimate of drug-likeness (QED) is 0.483. The Morgan fingerprint density at radius 1 is 0.833 bits per heavy atom. The van der Waals surface area contributed by atoms with Crippen LogP contribution in [0.5, 0.6) is 0 Å². The number of benzene rings is 1. The first-order valence-corrected chi connectivity index (χ1v) is 4.10. The van der Waals surface area contributed by atoms with Gasteiger partial charge in [-0.1, -0.05) is 30.3 Å². The Hall–Kier alpha value is -1.11. The molecule has 0 N–H and O–H groups in total. The van der Waals surface area contributed by atoms with Crippen molar-refractivity contribution in [2.24, 2.45) is 0 Å². The van der Waals surface area contributed by atoms with Crippen LogP contribution in [0.1, 0.15) is 11.9 Å². The Bertz CT molecular complexity index is 289. The number of hydrogen-bond acceptors (Lipinski definition) is 2. The van der Waals surface area contributed by atoms with E-state index in [1.54, 1.807) is 14.2 Å². The van der Waals surface area contributed by atoms with Gasteiger partial charge in [-0.15, -0.1) is 0 Å². The third kappa shape index (κ3) is 13.0. The van der Waals surface area contributed by atoms with Gasteiger partial charge in [-0.2, -0.15) is 0 Å². The van der Waals surface area contributed by atoms with Gasteiger partial charge in [0.1, 0.15) is 0 Å². The van der Waals surface area contributed by atoms with Crippen molar-refractivity contribution >= 4 is 0 Å². The van der Waals surface area contributed by atoms with Crippen LogP contribution >= 0.6 is 0 Å². The van der Waals surface area contributed by atoms with Crippen molar-refractivity contribution in [3.8, 4) is 0 Å². The second kappa shape index (κ2) is 24.9.